The van der Waals surface area contributed by atoms with Crippen molar-refractivity contribution in [1.82, 2.24) is 24.5 Å². The van der Waals surface area contributed by atoms with Crippen LogP contribution < -0.4 is 0 Å². The first-order valence-corrected chi connectivity index (χ1v) is 9.62. The van der Waals surface area contributed by atoms with Crippen molar-refractivity contribution in [2.24, 2.45) is 0 Å². The summed E-state index contributed by atoms with van der Waals surface area (Å²) in [5.41, 5.74) is 4.48. The molecule has 0 saturated carbocycles. The van der Waals surface area contributed by atoms with Crippen molar-refractivity contribution in [3.8, 4) is 0 Å². The van der Waals surface area contributed by atoms with Crippen LogP contribution in [0.1, 0.15) is 29.4 Å². The lowest BCUT2D eigenvalue weighted by Gasteiger charge is -2.30. The number of thioether (sulfide) groups is 1. The third-order valence-corrected chi connectivity index (χ3v) is 5.61. The largest absolute Gasteiger partial charge is 0.337 e. The lowest BCUT2D eigenvalue weighted by atomic mass is 10.00. The Kier molecular flexibility index (Phi) is 4.40. The molecule has 1 aliphatic rings. The topological polar surface area (TPSA) is 63.4 Å². The summed E-state index contributed by atoms with van der Waals surface area (Å²) in [6.45, 7) is 7.28. The SMILES string of the molecule is Cc1cc(C)n2nc(S[C@H](C)C(=O)N3CCc4ccccc4C3)nc2n1. The smallest absolute Gasteiger partial charge is 0.253 e. The van der Waals surface area contributed by atoms with E-state index in [-0.39, 0.29) is 11.2 Å². The fraction of sp³-hybridized carbons (Fsp3) is 0.368. The monoisotopic (exact) mass is 367 g/mol. The molecular weight excluding hydrogens is 346 g/mol. The first-order valence-electron chi connectivity index (χ1n) is 8.74. The molecule has 4 rings (SSSR count). The van der Waals surface area contributed by atoms with Gasteiger partial charge in [-0.25, -0.2) is 9.50 Å². The van der Waals surface area contributed by atoms with Crippen LogP contribution >= 0.6 is 11.8 Å². The summed E-state index contributed by atoms with van der Waals surface area (Å²) in [5.74, 6) is 0.709. The van der Waals surface area contributed by atoms with Gasteiger partial charge in [0, 0.05) is 24.5 Å². The van der Waals surface area contributed by atoms with Gasteiger partial charge in [-0.05, 0) is 44.4 Å². The van der Waals surface area contributed by atoms with Gasteiger partial charge in [0.25, 0.3) is 5.78 Å². The molecule has 7 heteroatoms. The molecular formula is C19H21N5OS. The molecule has 0 bridgehead atoms. The molecule has 0 N–H and O–H groups in total. The van der Waals surface area contributed by atoms with Gasteiger partial charge in [0.2, 0.25) is 11.1 Å². The maximum Gasteiger partial charge on any atom is 0.253 e. The number of carbonyl (C=O) groups excluding carboxylic acids is 1. The van der Waals surface area contributed by atoms with E-state index in [9.17, 15) is 4.79 Å². The molecule has 1 amide bonds. The molecule has 0 fully saturated rings. The van der Waals surface area contributed by atoms with Gasteiger partial charge >= 0.3 is 0 Å². The van der Waals surface area contributed by atoms with Crippen molar-refractivity contribution in [2.45, 2.75) is 44.1 Å². The number of hydrogen-bond acceptors (Lipinski definition) is 5. The van der Waals surface area contributed by atoms with Gasteiger partial charge in [-0.1, -0.05) is 36.0 Å². The summed E-state index contributed by atoms with van der Waals surface area (Å²) in [5, 5.41) is 4.84. The fourth-order valence-corrected chi connectivity index (χ4v) is 4.18. The van der Waals surface area contributed by atoms with E-state index in [1.54, 1.807) is 4.52 Å². The molecule has 134 valence electrons. The van der Waals surface area contributed by atoms with Gasteiger partial charge in [-0.15, -0.1) is 5.10 Å². The summed E-state index contributed by atoms with van der Waals surface area (Å²) in [7, 11) is 0. The Labute approximate surface area is 156 Å². The van der Waals surface area contributed by atoms with E-state index in [1.165, 1.54) is 22.9 Å². The third kappa shape index (κ3) is 3.19. The molecule has 6 nitrogen and oxygen atoms in total. The molecule has 0 spiro atoms. The zero-order chi connectivity index (χ0) is 18.3. The maximum absolute atomic E-state index is 12.9. The van der Waals surface area contributed by atoms with Gasteiger partial charge in [0.05, 0.1) is 5.25 Å². The Morgan fingerprint density at radius 2 is 1.96 bits per heavy atom. The number of hydrogen-bond donors (Lipinski definition) is 0. The molecule has 1 atom stereocenters. The molecule has 3 heterocycles. The second-order valence-electron chi connectivity index (χ2n) is 6.68. The average molecular weight is 367 g/mol. The number of rotatable bonds is 3. The van der Waals surface area contributed by atoms with Crippen LogP contribution in [0.5, 0.6) is 0 Å². The first kappa shape index (κ1) is 17.0. The highest BCUT2D eigenvalue weighted by molar-refractivity contribution is 8.00. The minimum Gasteiger partial charge on any atom is -0.337 e. The molecule has 2 aromatic heterocycles. The van der Waals surface area contributed by atoms with Crippen molar-refractivity contribution >= 4 is 23.4 Å². The molecule has 0 saturated heterocycles. The van der Waals surface area contributed by atoms with Gasteiger partial charge < -0.3 is 4.90 Å². The van der Waals surface area contributed by atoms with E-state index >= 15 is 0 Å². The lowest BCUT2D eigenvalue weighted by molar-refractivity contribution is -0.131. The number of amides is 1. The summed E-state index contributed by atoms with van der Waals surface area (Å²) < 4.78 is 1.73. The summed E-state index contributed by atoms with van der Waals surface area (Å²) >= 11 is 1.39. The Hall–Kier alpha value is -2.41. The Morgan fingerprint density at radius 1 is 1.19 bits per heavy atom. The molecule has 1 aromatic carbocycles. The standard InChI is InChI=1S/C19H21N5OS/c1-12-10-13(2)24-18(20-12)21-19(22-24)26-14(3)17(25)23-9-8-15-6-4-5-7-16(15)11-23/h4-7,10,14H,8-9,11H2,1-3H3/t14-/m1/s1. The van der Waals surface area contributed by atoms with Crippen LogP contribution in [0.2, 0.25) is 0 Å². The quantitative estimate of drug-likeness (QED) is 0.666. The second kappa shape index (κ2) is 6.72. The number of aromatic nitrogens is 4. The van der Waals surface area contributed by atoms with E-state index in [2.05, 4.69) is 33.3 Å². The number of aryl methyl sites for hydroxylation is 2. The molecule has 26 heavy (non-hydrogen) atoms. The zero-order valence-corrected chi connectivity index (χ0v) is 16.0. The molecule has 0 aliphatic carbocycles. The van der Waals surface area contributed by atoms with Crippen LogP contribution in [0.3, 0.4) is 0 Å². The second-order valence-corrected chi connectivity index (χ2v) is 7.99. The maximum atomic E-state index is 12.9. The van der Waals surface area contributed by atoms with E-state index in [0.717, 1.165) is 24.4 Å². The van der Waals surface area contributed by atoms with Crippen LogP contribution in [-0.4, -0.2) is 42.2 Å². The van der Waals surface area contributed by atoms with E-state index in [1.807, 2.05) is 37.8 Å². The predicted octanol–water partition coefficient (Wildman–Crippen LogP) is 2.81. The minimum absolute atomic E-state index is 0.129. The van der Waals surface area contributed by atoms with Gasteiger partial charge in [-0.3, -0.25) is 4.79 Å². The Bertz CT molecular complexity index is 983. The van der Waals surface area contributed by atoms with Gasteiger partial charge in [0.15, 0.2) is 0 Å². The van der Waals surface area contributed by atoms with E-state index < -0.39 is 0 Å². The lowest BCUT2D eigenvalue weighted by Crippen LogP contribution is -2.40. The first-order chi connectivity index (χ1) is 12.5. The van der Waals surface area contributed by atoms with Crippen LogP contribution in [-0.2, 0) is 17.8 Å². The molecule has 1 aliphatic heterocycles. The third-order valence-electron chi connectivity index (χ3n) is 4.67. The van der Waals surface area contributed by atoms with Gasteiger partial charge in [0.1, 0.15) is 0 Å². The van der Waals surface area contributed by atoms with Crippen molar-refractivity contribution in [3.05, 3.63) is 52.8 Å². The summed E-state index contributed by atoms with van der Waals surface area (Å²) in [6, 6.07) is 10.3. The number of nitrogens with zero attached hydrogens (tertiary/aromatic N) is 5. The fourth-order valence-electron chi connectivity index (χ4n) is 3.35. The highest BCUT2D eigenvalue weighted by Gasteiger charge is 2.26. The average Bonchev–Trinajstić information content (AvgIpc) is 3.03. The Morgan fingerprint density at radius 3 is 2.77 bits per heavy atom. The van der Waals surface area contributed by atoms with Crippen molar-refractivity contribution in [2.75, 3.05) is 6.54 Å². The molecule has 3 aromatic rings. The minimum atomic E-state index is -0.237. The van der Waals surface area contributed by atoms with Crippen molar-refractivity contribution in [3.63, 3.8) is 0 Å². The van der Waals surface area contributed by atoms with Crippen molar-refractivity contribution < 1.29 is 4.79 Å². The van der Waals surface area contributed by atoms with Crippen LogP contribution in [0, 0.1) is 13.8 Å². The van der Waals surface area contributed by atoms with Crippen LogP contribution in [0.15, 0.2) is 35.5 Å². The normalized spacial score (nSPS) is 15.1. The van der Waals surface area contributed by atoms with Crippen molar-refractivity contribution in [1.29, 1.82) is 0 Å². The molecule has 0 radical (unpaired) electrons. The van der Waals surface area contributed by atoms with E-state index in [4.69, 9.17) is 0 Å². The Balaban J connectivity index is 1.49. The number of fused-ring (bicyclic) bond motifs is 2. The van der Waals surface area contributed by atoms with Crippen LogP contribution in [0.25, 0.3) is 5.78 Å². The highest BCUT2D eigenvalue weighted by Crippen LogP contribution is 2.25. The number of benzene rings is 1. The van der Waals surface area contributed by atoms with E-state index in [0.29, 0.717) is 17.5 Å². The van der Waals surface area contributed by atoms with Gasteiger partial charge in [-0.2, -0.15) is 4.98 Å². The molecule has 0 unspecified atom stereocenters. The highest BCUT2D eigenvalue weighted by atomic mass is 32.2. The van der Waals surface area contributed by atoms with Crippen LogP contribution in [0.4, 0.5) is 0 Å². The predicted molar refractivity (Wildman–Crippen MR) is 101 cm³/mol. The number of carbonyl (C=O) groups is 1. The summed E-state index contributed by atoms with van der Waals surface area (Å²) in [6.07, 6.45) is 0.911. The zero-order valence-electron chi connectivity index (χ0n) is 15.1. The summed E-state index contributed by atoms with van der Waals surface area (Å²) in [4.78, 5) is 23.7.